The number of rotatable bonds is 2. The second-order valence-electron chi connectivity index (χ2n) is 7.32. The van der Waals surface area contributed by atoms with Gasteiger partial charge in [0, 0.05) is 19.1 Å². The Hall–Kier alpha value is -1.63. The van der Waals surface area contributed by atoms with Gasteiger partial charge in [0.2, 0.25) is 0 Å². The topological polar surface area (TPSA) is 86.3 Å². The van der Waals surface area contributed by atoms with Crippen molar-refractivity contribution in [2.24, 2.45) is 5.73 Å². The van der Waals surface area contributed by atoms with Crippen molar-refractivity contribution in [3.8, 4) is 0 Å². The van der Waals surface area contributed by atoms with Crippen molar-refractivity contribution in [2.45, 2.75) is 64.6 Å². The molecule has 0 spiro atoms. The molecule has 1 aromatic rings. The fourth-order valence-electron chi connectivity index (χ4n) is 2.76. The summed E-state index contributed by atoms with van der Waals surface area (Å²) in [6.07, 6.45) is 3.02. The minimum atomic E-state index is -0.636. The van der Waals surface area contributed by atoms with Crippen LogP contribution in [0.15, 0.2) is 6.20 Å². The van der Waals surface area contributed by atoms with Gasteiger partial charge in [0.15, 0.2) is 0 Å². The molecule has 0 bridgehead atoms. The Morgan fingerprint density at radius 3 is 2.73 bits per heavy atom. The zero-order chi connectivity index (χ0) is 16.5. The van der Waals surface area contributed by atoms with Crippen LogP contribution in [0.4, 0.5) is 4.79 Å². The molecule has 2 heterocycles. The van der Waals surface area contributed by atoms with Crippen LogP contribution in [0.1, 0.15) is 59.2 Å². The van der Waals surface area contributed by atoms with E-state index in [0.717, 1.165) is 18.5 Å². The van der Waals surface area contributed by atoms with Crippen molar-refractivity contribution in [2.75, 3.05) is 13.1 Å². The summed E-state index contributed by atoms with van der Waals surface area (Å²) < 4.78 is 7.29. The molecule has 2 rings (SSSR count). The van der Waals surface area contributed by atoms with Crippen molar-refractivity contribution in [3.05, 3.63) is 11.9 Å². The number of aromatic nitrogens is 3. The lowest BCUT2D eigenvalue weighted by Crippen LogP contribution is -2.55. The Balaban J connectivity index is 2.18. The number of amides is 1. The van der Waals surface area contributed by atoms with Crippen LogP contribution in [0.25, 0.3) is 0 Å². The summed E-state index contributed by atoms with van der Waals surface area (Å²) in [5.74, 6) is 0. The molecule has 0 saturated carbocycles. The SMILES string of the molecule is CC(C)n1nncc1C1(N)CCCN(C(=O)OC(C)(C)C)C1. The number of hydrogen-bond acceptors (Lipinski definition) is 5. The van der Waals surface area contributed by atoms with Crippen molar-refractivity contribution in [3.63, 3.8) is 0 Å². The van der Waals surface area contributed by atoms with Gasteiger partial charge >= 0.3 is 6.09 Å². The first-order valence-electron chi connectivity index (χ1n) is 7.80. The minimum absolute atomic E-state index is 0.176. The first kappa shape index (κ1) is 16.7. The van der Waals surface area contributed by atoms with Crippen LogP contribution in [-0.4, -0.2) is 44.7 Å². The molecule has 1 saturated heterocycles. The van der Waals surface area contributed by atoms with Gasteiger partial charge in [-0.15, -0.1) is 5.10 Å². The second kappa shape index (κ2) is 5.87. The standard InChI is InChI=1S/C15H27N5O2/c1-11(2)20-12(9-17-18-20)15(16)7-6-8-19(10-15)13(21)22-14(3,4)5/h9,11H,6-8,10,16H2,1-5H3. The van der Waals surface area contributed by atoms with Crippen molar-refractivity contribution >= 4 is 6.09 Å². The summed E-state index contributed by atoms with van der Waals surface area (Å²) in [7, 11) is 0. The largest absolute Gasteiger partial charge is 0.444 e. The van der Waals surface area contributed by atoms with Gasteiger partial charge in [-0.1, -0.05) is 5.21 Å². The molecule has 2 N–H and O–H groups in total. The van der Waals surface area contributed by atoms with E-state index in [1.165, 1.54) is 0 Å². The van der Waals surface area contributed by atoms with Crippen LogP contribution in [-0.2, 0) is 10.3 Å². The normalized spacial score (nSPS) is 23.0. The second-order valence-corrected chi connectivity index (χ2v) is 7.32. The van der Waals surface area contributed by atoms with E-state index in [4.69, 9.17) is 10.5 Å². The molecule has 0 radical (unpaired) electrons. The molecule has 1 atom stereocenters. The molecule has 0 aliphatic carbocycles. The Morgan fingerprint density at radius 1 is 1.45 bits per heavy atom. The Labute approximate surface area is 131 Å². The summed E-state index contributed by atoms with van der Waals surface area (Å²) in [4.78, 5) is 14.0. The van der Waals surface area contributed by atoms with Crippen LogP contribution >= 0.6 is 0 Å². The third kappa shape index (κ3) is 3.58. The highest BCUT2D eigenvalue weighted by Gasteiger charge is 2.39. The molecular formula is C15H27N5O2. The number of nitrogens with zero attached hydrogens (tertiary/aromatic N) is 4. The molecule has 1 aliphatic heterocycles. The zero-order valence-electron chi connectivity index (χ0n) is 14.2. The summed E-state index contributed by atoms with van der Waals surface area (Å²) >= 11 is 0. The van der Waals surface area contributed by atoms with Gasteiger partial charge in [-0.3, -0.25) is 0 Å². The van der Waals surface area contributed by atoms with E-state index in [1.54, 1.807) is 11.1 Å². The lowest BCUT2D eigenvalue weighted by atomic mass is 9.87. The number of carbonyl (C=O) groups is 1. The van der Waals surface area contributed by atoms with Crippen LogP contribution in [0.5, 0.6) is 0 Å². The summed E-state index contributed by atoms with van der Waals surface area (Å²) in [6.45, 7) is 10.7. The van der Waals surface area contributed by atoms with Crippen LogP contribution in [0, 0.1) is 0 Å². The maximum atomic E-state index is 12.3. The summed E-state index contributed by atoms with van der Waals surface area (Å²) in [5.41, 5.74) is 6.33. The lowest BCUT2D eigenvalue weighted by Gasteiger charge is -2.40. The quantitative estimate of drug-likeness (QED) is 0.903. The van der Waals surface area contributed by atoms with Gasteiger partial charge < -0.3 is 15.4 Å². The van der Waals surface area contributed by atoms with Crippen LogP contribution < -0.4 is 5.73 Å². The fraction of sp³-hybridized carbons (Fsp3) is 0.800. The van der Waals surface area contributed by atoms with Crippen molar-refractivity contribution < 1.29 is 9.53 Å². The molecule has 1 amide bonds. The smallest absolute Gasteiger partial charge is 0.410 e. The predicted molar refractivity (Wildman–Crippen MR) is 83.3 cm³/mol. The highest BCUT2D eigenvalue weighted by Crippen LogP contribution is 2.30. The van der Waals surface area contributed by atoms with E-state index in [2.05, 4.69) is 10.3 Å². The number of likely N-dealkylation sites (tertiary alicyclic amines) is 1. The maximum absolute atomic E-state index is 12.3. The molecule has 124 valence electrons. The Bertz CT molecular complexity index is 534. The van der Waals surface area contributed by atoms with Crippen LogP contribution in [0.2, 0.25) is 0 Å². The lowest BCUT2D eigenvalue weighted by molar-refractivity contribution is 0.0130. The Morgan fingerprint density at radius 2 is 2.14 bits per heavy atom. The van der Waals surface area contributed by atoms with E-state index >= 15 is 0 Å². The predicted octanol–water partition coefficient (Wildman–Crippen LogP) is 2.04. The van der Waals surface area contributed by atoms with E-state index in [1.807, 2.05) is 39.3 Å². The van der Waals surface area contributed by atoms with Gasteiger partial charge in [-0.25, -0.2) is 9.48 Å². The minimum Gasteiger partial charge on any atom is -0.444 e. The first-order chi connectivity index (χ1) is 10.1. The van der Waals surface area contributed by atoms with Gasteiger partial charge in [-0.05, 0) is 47.5 Å². The summed E-state index contributed by atoms with van der Waals surface area (Å²) in [6, 6.07) is 0.176. The Kier molecular flexibility index (Phi) is 4.47. The van der Waals surface area contributed by atoms with Crippen LogP contribution in [0.3, 0.4) is 0 Å². The van der Waals surface area contributed by atoms with E-state index in [9.17, 15) is 4.79 Å². The maximum Gasteiger partial charge on any atom is 0.410 e. The van der Waals surface area contributed by atoms with E-state index in [0.29, 0.717) is 13.1 Å². The van der Waals surface area contributed by atoms with Gasteiger partial charge in [0.25, 0.3) is 0 Å². The van der Waals surface area contributed by atoms with E-state index < -0.39 is 11.1 Å². The number of piperidine rings is 1. The zero-order valence-corrected chi connectivity index (χ0v) is 14.2. The average molecular weight is 309 g/mol. The highest BCUT2D eigenvalue weighted by molar-refractivity contribution is 5.68. The number of ether oxygens (including phenoxy) is 1. The van der Waals surface area contributed by atoms with Gasteiger partial charge in [0.1, 0.15) is 5.60 Å². The molecule has 7 nitrogen and oxygen atoms in total. The molecule has 7 heteroatoms. The molecule has 1 unspecified atom stereocenters. The summed E-state index contributed by atoms with van der Waals surface area (Å²) in [5, 5.41) is 8.11. The number of hydrogen-bond donors (Lipinski definition) is 1. The molecule has 0 aromatic carbocycles. The monoisotopic (exact) mass is 309 g/mol. The highest BCUT2D eigenvalue weighted by atomic mass is 16.6. The fourth-order valence-corrected chi connectivity index (χ4v) is 2.76. The third-order valence-corrected chi connectivity index (χ3v) is 3.75. The van der Waals surface area contributed by atoms with Gasteiger partial charge in [-0.2, -0.15) is 0 Å². The van der Waals surface area contributed by atoms with Gasteiger partial charge in [0.05, 0.1) is 17.4 Å². The third-order valence-electron chi connectivity index (χ3n) is 3.75. The van der Waals surface area contributed by atoms with Crippen molar-refractivity contribution in [1.82, 2.24) is 19.9 Å². The van der Waals surface area contributed by atoms with Crippen molar-refractivity contribution in [1.29, 1.82) is 0 Å². The molecule has 1 fully saturated rings. The molecule has 22 heavy (non-hydrogen) atoms. The average Bonchev–Trinajstić information content (AvgIpc) is 2.86. The number of carbonyl (C=O) groups excluding carboxylic acids is 1. The molecule has 1 aromatic heterocycles. The number of nitrogens with two attached hydrogens (primary N) is 1. The molecule has 1 aliphatic rings. The first-order valence-corrected chi connectivity index (χ1v) is 7.80. The van der Waals surface area contributed by atoms with E-state index in [-0.39, 0.29) is 12.1 Å². The molecular weight excluding hydrogens is 282 g/mol.